The predicted molar refractivity (Wildman–Crippen MR) is 64.4 cm³/mol. The van der Waals surface area contributed by atoms with E-state index in [1.54, 1.807) is 0 Å². The zero-order valence-corrected chi connectivity index (χ0v) is 10.8. The Morgan fingerprint density at radius 1 is 1.25 bits per heavy atom. The molecule has 0 spiro atoms. The lowest BCUT2D eigenvalue weighted by atomic mass is 10.1. The van der Waals surface area contributed by atoms with Crippen molar-refractivity contribution in [3.05, 3.63) is 16.8 Å². The summed E-state index contributed by atoms with van der Waals surface area (Å²) in [4.78, 5) is 0. The lowest BCUT2D eigenvalue weighted by Gasteiger charge is -2.25. The van der Waals surface area contributed by atoms with E-state index >= 15 is 0 Å². The SMILES string of the molecule is CCC(C)(C)Oc1nnc(C)c(C)c1CN. The number of nitrogens with two attached hydrogens (primary N) is 1. The first-order valence-electron chi connectivity index (χ1n) is 5.63. The fraction of sp³-hybridized carbons (Fsp3) is 0.667. The van der Waals surface area contributed by atoms with Gasteiger partial charge in [-0.1, -0.05) is 6.92 Å². The zero-order chi connectivity index (χ0) is 12.3. The Hall–Kier alpha value is -1.16. The molecule has 0 aromatic carbocycles. The van der Waals surface area contributed by atoms with Crippen molar-refractivity contribution in [3.8, 4) is 5.88 Å². The molecule has 4 nitrogen and oxygen atoms in total. The molecule has 1 aromatic heterocycles. The molecule has 0 aliphatic rings. The van der Waals surface area contributed by atoms with Crippen molar-refractivity contribution in [1.82, 2.24) is 10.2 Å². The van der Waals surface area contributed by atoms with Gasteiger partial charge in [-0.25, -0.2) is 0 Å². The fourth-order valence-corrected chi connectivity index (χ4v) is 1.29. The van der Waals surface area contributed by atoms with Crippen LogP contribution in [0.3, 0.4) is 0 Å². The number of aryl methyl sites for hydroxylation is 1. The largest absolute Gasteiger partial charge is 0.470 e. The molecular formula is C12H21N3O. The van der Waals surface area contributed by atoms with Crippen LogP contribution >= 0.6 is 0 Å². The average molecular weight is 223 g/mol. The summed E-state index contributed by atoms with van der Waals surface area (Å²) in [5.74, 6) is 0.567. The van der Waals surface area contributed by atoms with Gasteiger partial charge in [-0.15, -0.1) is 5.10 Å². The van der Waals surface area contributed by atoms with Gasteiger partial charge in [0, 0.05) is 12.1 Å². The van der Waals surface area contributed by atoms with E-state index in [1.807, 2.05) is 27.7 Å². The first-order chi connectivity index (χ1) is 7.41. The molecule has 0 saturated heterocycles. The molecule has 0 radical (unpaired) electrons. The van der Waals surface area contributed by atoms with Crippen molar-refractivity contribution in [2.24, 2.45) is 5.73 Å². The third kappa shape index (κ3) is 2.70. The van der Waals surface area contributed by atoms with E-state index in [1.165, 1.54) is 0 Å². The molecule has 0 aliphatic heterocycles. The van der Waals surface area contributed by atoms with Crippen molar-refractivity contribution >= 4 is 0 Å². The summed E-state index contributed by atoms with van der Waals surface area (Å²) in [5, 5.41) is 8.17. The van der Waals surface area contributed by atoms with Gasteiger partial charge >= 0.3 is 0 Å². The van der Waals surface area contributed by atoms with Gasteiger partial charge in [-0.2, -0.15) is 5.10 Å². The van der Waals surface area contributed by atoms with Gasteiger partial charge in [0.05, 0.1) is 5.69 Å². The highest BCUT2D eigenvalue weighted by Gasteiger charge is 2.21. The van der Waals surface area contributed by atoms with Gasteiger partial charge in [0.1, 0.15) is 5.60 Å². The van der Waals surface area contributed by atoms with E-state index in [0.717, 1.165) is 23.2 Å². The minimum atomic E-state index is -0.236. The van der Waals surface area contributed by atoms with E-state index in [2.05, 4.69) is 17.1 Å². The molecule has 1 aromatic rings. The molecular weight excluding hydrogens is 202 g/mol. The lowest BCUT2D eigenvalue weighted by Crippen LogP contribution is -2.28. The summed E-state index contributed by atoms with van der Waals surface area (Å²) < 4.78 is 5.86. The van der Waals surface area contributed by atoms with E-state index < -0.39 is 0 Å². The fourth-order valence-electron chi connectivity index (χ4n) is 1.29. The minimum absolute atomic E-state index is 0.236. The Morgan fingerprint density at radius 2 is 1.88 bits per heavy atom. The quantitative estimate of drug-likeness (QED) is 0.849. The maximum atomic E-state index is 5.86. The smallest absolute Gasteiger partial charge is 0.238 e. The maximum Gasteiger partial charge on any atom is 0.238 e. The molecule has 0 unspecified atom stereocenters. The average Bonchev–Trinajstić information content (AvgIpc) is 2.24. The molecule has 0 saturated carbocycles. The normalized spacial score (nSPS) is 11.6. The zero-order valence-electron chi connectivity index (χ0n) is 10.8. The van der Waals surface area contributed by atoms with Crippen molar-refractivity contribution in [2.75, 3.05) is 0 Å². The first kappa shape index (κ1) is 12.9. The van der Waals surface area contributed by atoms with Crippen LogP contribution < -0.4 is 10.5 Å². The van der Waals surface area contributed by atoms with Crippen LogP contribution in [-0.4, -0.2) is 15.8 Å². The molecule has 2 N–H and O–H groups in total. The van der Waals surface area contributed by atoms with E-state index in [-0.39, 0.29) is 5.60 Å². The Balaban J connectivity index is 3.10. The Labute approximate surface area is 97.2 Å². The summed E-state index contributed by atoms with van der Waals surface area (Å²) in [6.45, 7) is 10.5. The number of ether oxygens (including phenoxy) is 1. The number of aromatic nitrogens is 2. The standard InChI is InChI=1S/C12H21N3O/c1-6-12(4,5)16-11-10(7-13)8(2)9(3)14-15-11/h6-7,13H2,1-5H3. The Bertz CT molecular complexity index is 375. The minimum Gasteiger partial charge on any atom is -0.470 e. The van der Waals surface area contributed by atoms with Crippen LogP contribution in [0.2, 0.25) is 0 Å². The third-order valence-electron chi connectivity index (χ3n) is 2.97. The number of hydrogen-bond acceptors (Lipinski definition) is 4. The number of hydrogen-bond donors (Lipinski definition) is 1. The van der Waals surface area contributed by atoms with Crippen molar-refractivity contribution in [2.45, 2.75) is 53.2 Å². The summed E-state index contributed by atoms with van der Waals surface area (Å²) in [6.07, 6.45) is 0.908. The van der Waals surface area contributed by atoms with Gasteiger partial charge in [-0.05, 0) is 39.7 Å². The molecule has 0 atom stereocenters. The highest BCUT2D eigenvalue weighted by atomic mass is 16.5. The van der Waals surface area contributed by atoms with Gasteiger partial charge in [0.15, 0.2) is 0 Å². The van der Waals surface area contributed by atoms with Gasteiger partial charge in [0.25, 0.3) is 0 Å². The molecule has 1 rings (SSSR count). The molecule has 16 heavy (non-hydrogen) atoms. The van der Waals surface area contributed by atoms with Gasteiger partial charge < -0.3 is 10.5 Å². The topological polar surface area (TPSA) is 61.0 Å². The van der Waals surface area contributed by atoms with Crippen molar-refractivity contribution in [1.29, 1.82) is 0 Å². The van der Waals surface area contributed by atoms with E-state index in [4.69, 9.17) is 10.5 Å². The van der Waals surface area contributed by atoms with E-state index in [0.29, 0.717) is 12.4 Å². The Morgan fingerprint density at radius 3 is 2.38 bits per heavy atom. The van der Waals surface area contributed by atoms with Crippen LogP contribution in [0.25, 0.3) is 0 Å². The van der Waals surface area contributed by atoms with Gasteiger partial charge in [-0.3, -0.25) is 0 Å². The number of nitrogens with zero attached hydrogens (tertiary/aromatic N) is 2. The second kappa shape index (κ2) is 4.78. The number of rotatable bonds is 4. The molecule has 1 heterocycles. The van der Waals surface area contributed by atoms with Crippen LogP contribution in [0, 0.1) is 13.8 Å². The molecule has 0 fully saturated rings. The first-order valence-corrected chi connectivity index (χ1v) is 5.63. The van der Waals surface area contributed by atoms with Crippen LogP contribution in [0.5, 0.6) is 5.88 Å². The predicted octanol–water partition coefficient (Wildman–Crippen LogP) is 2.12. The second-order valence-electron chi connectivity index (χ2n) is 4.61. The lowest BCUT2D eigenvalue weighted by molar-refractivity contribution is 0.0959. The van der Waals surface area contributed by atoms with Crippen molar-refractivity contribution < 1.29 is 4.74 Å². The van der Waals surface area contributed by atoms with Crippen LogP contribution in [0.1, 0.15) is 44.0 Å². The van der Waals surface area contributed by atoms with Crippen LogP contribution in [-0.2, 0) is 6.54 Å². The monoisotopic (exact) mass is 223 g/mol. The molecule has 4 heteroatoms. The van der Waals surface area contributed by atoms with E-state index in [9.17, 15) is 0 Å². The second-order valence-corrected chi connectivity index (χ2v) is 4.61. The van der Waals surface area contributed by atoms with Crippen molar-refractivity contribution in [3.63, 3.8) is 0 Å². The highest BCUT2D eigenvalue weighted by molar-refractivity contribution is 5.35. The third-order valence-corrected chi connectivity index (χ3v) is 2.97. The summed E-state index contributed by atoms with van der Waals surface area (Å²) in [7, 11) is 0. The highest BCUT2D eigenvalue weighted by Crippen LogP contribution is 2.25. The molecule has 0 bridgehead atoms. The molecule has 90 valence electrons. The van der Waals surface area contributed by atoms with Gasteiger partial charge in [0.2, 0.25) is 5.88 Å². The molecule has 0 amide bonds. The van der Waals surface area contributed by atoms with Crippen LogP contribution in [0.4, 0.5) is 0 Å². The molecule has 0 aliphatic carbocycles. The van der Waals surface area contributed by atoms with Crippen LogP contribution in [0.15, 0.2) is 0 Å². The maximum absolute atomic E-state index is 5.86. The summed E-state index contributed by atoms with van der Waals surface area (Å²) >= 11 is 0. The summed E-state index contributed by atoms with van der Waals surface area (Å²) in [5.41, 5.74) is 8.42. The Kier molecular flexibility index (Phi) is 3.86. The summed E-state index contributed by atoms with van der Waals surface area (Å²) in [6, 6.07) is 0.